The van der Waals surface area contributed by atoms with E-state index in [9.17, 15) is 0 Å². The molecular weight excluding hydrogens is 264 g/mol. The maximum absolute atomic E-state index is 4.55. The van der Waals surface area contributed by atoms with Gasteiger partial charge in [-0.2, -0.15) is 10.2 Å². The number of aromatic nitrogens is 5. The van der Waals surface area contributed by atoms with Gasteiger partial charge in [0.1, 0.15) is 12.2 Å². The number of rotatable bonds is 8. The van der Waals surface area contributed by atoms with Gasteiger partial charge >= 0.3 is 0 Å². The lowest BCUT2D eigenvalue weighted by molar-refractivity contribution is 0.496. The Hall–Kier alpha value is -1.69. The van der Waals surface area contributed by atoms with Gasteiger partial charge in [-0.3, -0.25) is 9.36 Å². The van der Waals surface area contributed by atoms with Gasteiger partial charge in [0.25, 0.3) is 0 Å². The fraction of sp³-hybridized carbons (Fsp3) is 0.667. The predicted molar refractivity (Wildman–Crippen MR) is 83.0 cm³/mol. The Morgan fingerprint density at radius 2 is 2.10 bits per heavy atom. The topological polar surface area (TPSA) is 60.6 Å². The maximum atomic E-state index is 4.55. The quantitative estimate of drug-likeness (QED) is 0.806. The van der Waals surface area contributed by atoms with Crippen molar-refractivity contribution in [1.29, 1.82) is 0 Å². The van der Waals surface area contributed by atoms with E-state index in [2.05, 4.69) is 47.5 Å². The third-order valence-electron chi connectivity index (χ3n) is 3.62. The number of likely N-dealkylation sites (N-methyl/N-ethyl adjacent to an activating group) is 1. The van der Waals surface area contributed by atoms with Crippen LogP contribution in [0.15, 0.2) is 12.5 Å². The minimum absolute atomic E-state index is 0.235. The maximum Gasteiger partial charge on any atom is 0.138 e. The molecule has 2 heterocycles. The molecule has 0 saturated carbocycles. The molecule has 0 aliphatic carbocycles. The molecule has 2 aromatic rings. The molecule has 1 N–H and O–H groups in total. The summed E-state index contributed by atoms with van der Waals surface area (Å²) in [6.45, 7) is 8.27. The molecule has 0 spiro atoms. The van der Waals surface area contributed by atoms with E-state index in [4.69, 9.17) is 0 Å². The lowest BCUT2D eigenvalue weighted by atomic mass is 10.0. The summed E-state index contributed by atoms with van der Waals surface area (Å²) in [4.78, 5) is 4.43. The monoisotopic (exact) mass is 290 g/mol. The first-order valence-corrected chi connectivity index (χ1v) is 7.82. The van der Waals surface area contributed by atoms with Crippen molar-refractivity contribution in [2.75, 3.05) is 6.54 Å². The lowest BCUT2D eigenvalue weighted by Gasteiger charge is -2.17. The van der Waals surface area contributed by atoms with Crippen LogP contribution in [0.1, 0.15) is 50.3 Å². The fourth-order valence-corrected chi connectivity index (χ4v) is 2.68. The molecule has 116 valence electrons. The molecule has 0 amide bonds. The molecule has 2 aromatic heterocycles. The van der Waals surface area contributed by atoms with Crippen molar-refractivity contribution in [1.82, 2.24) is 29.9 Å². The summed E-state index contributed by atoms with van der Waals surface area (Å²) in [5.41, 5.74) is 2.43. The summed E-state index contributed by atoms with van der Waals surface area (Å²) >= 11 is 0. The van der Waals surface area contributed by atoms with Crippen LogP contribution in [0, 0.1) is 0 Å². The second-order valence-electron chi connectivity index (χ2n) is 5.27. The van der Waals surface area contributed by atoms with Gasteiger partial charge in [0.15, 0.2) is 0 Å². The van der Waals surface area contributed by atoms with E-state index in [1.807, 2.05) is 16.4 Å². The molecular formula is C15H26N6. The van der Waals surface area contributed by atoms with Gasteiger partial charge in [-0.25, -0.2) is 4.98 Å². The van der Waals surface area contributed by atoms with Crippen molar-refractivity contribution in [2.45, 2.75) is 52.6 Å². The normalized spacial score (nSPS) is 12.8. The molecule has 0 saturated heterocycles. The number of aryl methyl sites for hydroxylation is 3. The summed E-state index contributed by atoms with van der Waals surface area (Å²) in [6.07, 6.45) is 6.62. The molecule has 0 aromatic carbocycles. The number of nitrogens with one attached hydrogen (secondary N) is 1. The highest BCUT2D eigenvalue weighted by Gasteiger charge is 2.19. The van der Waals surface area contributed by atoms with Gasteiger partial charge in [-0.15, -0.1) is 0 Å². The number of nitrogens with zero attached hydrogens (tertiary/aromatic N) is 5. The van der Waals surface area contributed by atoms with Gasteiger partial charge in [0.2, 0.25) is 0 Å². The summed E-state index contributed by atoms with van der Waals surface area (Å²) < 4.78 is 3.90. The first-order chi connectivity index (χ1) is 10.2. The smallest absolute Gasteiger partial charge is 0.138 e. The Labute approximate surface area is 126 Å². The molecule has 1 atom stereocenters. The highest BCUT2D eigenvalue weighted by molar-refractivity contribution is 5.22. The van der Waals surface area contributed by atoms with E-state index in [0.29, 0.717) is 0 Å². The van der Waals surface area contributed by atoms with E-state index < -0.39 is 0 Å². The van der Waals surface area contributed by atoms with Crippen LogP contribution in [-0.2, 0) is 26.4 Å². The minimum atomic E-state index is 0.235. The summed E-state index contributed by atoms with van der Waals surface area (Å²) in [6, 6.07) is 0.235. The average molecular weight is 290 g/mol. The number of hydrogen-bond donors (Lipinski definition) is 1. The fourth-order valence-electron chi connectivity index (χ4n) is 2.68. The van der Waals surface area contributed by atoms with Crippen LogP contribution in [0.25, 0.3) is 0 Å². The Balaban J connectivity index is 2.24. The molecule has 0 bridgehead atoms. The lowest BCUT2D eigenvalue weighted by Crippen LogP contribution is -2.25. The molecule has 2 rings (SSSR count). The van der Waals surface area contributed by atoms with E-state index in [0.717, 1.165) is 43.9 Å². The molecule has 0 radical (unpaired) electrons. The molecule has 6 heteroatoms. The van der Waals surface area contributed by atoms with Gasteiger partial charge in [-0.1, -0.05) is 20.8 Å². The van der Waals surface area contributed by atoms with Gasteiger partial charge in [0.05, 0.1) is 5.69 Å². The van der Waals surface area contributed by atoms with Crippen molar-refractivity contribution in [2.24, 2.45) is 7.05 Å². The van der Waals surface area contributed by atoms with Crippen molar-refractivity contribution < 1.29 is 0 Å². The van der Waals surface area contributed by atoms with E-state index in [1.165, 1.54) is 5.56 Å². The van der Waals surface area contributed by atoms with Gasteiger partial charge < -0.3 is 5.32 Å². The van der Waals surface area contributed by atoms with Crippen molar-refractivity contribution in [3.63, 3.8) is 0 Å². The highest BCUT2D eigenvalue weighted by atomic mass is 15.3. The summed E-state index contributed by atoms with van der Waals surface area (Å²) in [5, 5.41) is 12.4. The van der Waals surface area contributed by atoms with Crippen molar-refractivity contribution in [3.8, 4) is 0 Å². The van der Waals surface area contributed by atoms with Crippen LogP contribution in [0.2, 0.25) is 0 Å². The van der Waals surface area contributed by atoms with Gasteiger partial charge in [-0.05, 0) is 19.4 Å². The Bertz CT molecular complexity index is 556. The zero-order valence-corrected chi connectivity index (χ0v) is 13.5. The average Bonchev–Trinajstić information content (AvgIpc) is 3.05. The Morgan fingerprint density at radius 3 is 2.76 bits per heavy atom. The number of hydrogen-bond acceptors (Lipinski definition) is 4. The largest absolute Gasteiger partial charge is 0.310 e. The zero-order chi connectivity index (χ0) is 15.2. The van der Waals surface area contributed by atoms with Crippen molar-refractivity contribution in [3.05, 3.63) is 29.6 Å². The van der Waals surface area contributed by atoms with Crippen LogP contribution in [0.4, 0.5) is 0 Å². The van der Waals surface area contributed by atoms with E-state index in [-0.39, 0.29) is 6.04 Å². The third kappa shape index (κ3) is 3.69. The second kappa shape index (κ2) is 7.36. The predicted octanol–water partition coefficient (Wildman–Crippen LogP) is 1.88. The molecule has 21 heavy (non-hydrogen) atoms. The standard InChI is InChI=1S/C15H26N6/c1-5-8-21-15(17-11-18-21)9-14(16-7-3)12-10-20(4)19-13(12)6-2/h10-11,14,16H,5-9H2,1-4H3. The van der Waals surface area contributed by atoms with E-state index >= 15 is 0 Å². The van der Waals surface area contributed by atoms with Crippen LogP contribution in [0.5, 0.6) is 0 Å². The SMILES string of the molecule is CCCn1ncnc1CC(NCC)c1cn(C)nc1CC. The molecule has 0 fully saturated rings. The Kier molecular flexibility index (Phi) is 5.50. The Morgan fingerprint density at radius 1 is 1.29 bits per heavy atom. The molecule has 6 nitrogen and oxygen atoms in total. The summed E-state index contributed by atoms with van der Waals surface area (Å²) in [5.74, 6) is 1.04. The van der Waals surface area contributed by atoms with Crippen LogP contribution in [-0.4, -0.2) is 31.1 Å². The van der Waals surface area contributed by atoms with Crippen LogP contribution < -0.4 is 5.32 Å². The first-order valence-electron chi connectivity index (χ1n) is 7.82. The third-order valence-corrected chi connectivity index (χ3v) is 3.62. The molecule has 0 aliphatic rings. The molecule has 0 aliphatic heterocycles. The zero-order valence-electron chi connectivity index (χ0n) is 13.5. The van der Waals surface area contributed by atoms with Crippen LogP contribution >= 0.6 is 0 Å². The van der Waals surface area contributed by atoms with Crippen molar-refractivity contribution >= 4 is 0 Å². The van der Waals surface area contributed by atoms with Gasteiger partial charge in [0, 0.05) is 37.8 Å². The van der Waals surface area contributed by atoms with Crippen LogP contribution in [0.3, 0.4) is 0 Å². The minimum Gasteiger partial charge on any atom is -0.310 e. The summed E-state index contributed by atoms with van der Waals surface area (Å²) in [7, 11) is 1.98. The first kappa shape index (κ1) is 15.7. The second-order valence-corrected chi connectivity index (χ2v) is 5.27. The molecule has 1 unspecified atom stereocenters. The van der Waals surface area contributed by atoms with E-state index in [1.54, 1.807) is 6.33 Å². The highest BCUT2D eigenvalue weighted by Crippen LogP contribution is 2.21.